The van der Waals surface area contributed by atoms with Crippen molar-refractivity contribution in [2.75, 3.05) is 0 Å². The van der Waals surface area contributed by atoms with Crippen molar-refractivity contribution >= 4 is 0 Å². The Labute approximate surface area is 68.2 Å². The van der Waals surface area contributed by atoms with E-state index in [2.05, 4.69) is 4.98 Å². The van der Waals surface area contributed by atoms with Crippen molar-refractivity contribution in [1.29, 1.82) is 0 Å². The molecule has 0 aliphatic heterocycles. The number of nitrogens with zero attached hydrogens (tertiary/aromatic N) is 1. The predicted molar refractivity (Wildman–Crippen MR) is 38.6 cm³/mol. The van der Waals surface area contributed by atoms with Gasteiger partial charge in [-0.2, -0.15) is 13.2 Å². The number of pyridine rings is 1. The number of hydrogen-bond donors (Lipinski definition) is 0. The third-order valence-electron chi connectivity index (χ3n) is 1.52. The largest absolute Gasteiger partial charge is 0.433 e. The lowest BCUT2D eigenvalue weighted by Gasteiger charge is -2.04. The molecule has 0 fully saturated rings. The summed E-state index contributed by atoms with van der Waals surface area (Å²) >= 11 is 0. The summed E-state index contributed by atoms with van der Waals surface area (Å²) in [6, 6.07) is 2.44. The molecular formula is C8H8F3N. The van der Waals surface area contributed by atoms with Gasteiger partial charge in [-0.3, -0.25) is 4.98 Å². The number of aryl methyl sites for hydroxylation is 1. The summed E-state index contributed by atoms with van der Waals surface area (Å²) in [5.41, 5.74) is -0.0253. The molecule has 4 heteroatoms. The second kappa shape index (κ2) is 3.13. The lowest BCUT2D eigenvalue weighted by atomic mass is 10.2. The van der Waals surface area contributed by atoms with E-state index in [4.69, 9.17) is 0 Å². The molecule has 66 valence electrons. The molecule has 0 spiro atoms. The van der Waals surface area contributed by atoms with Gasteiger partial charge in [0.2, 0.25) is 0 Å². The third kappa shape index (κ3) is 1.96. The van der Waals surface area contributed by atoms with Crippen LogP contribution in [-0.2, 0) is 12.6 Å². The summed E-state index contributed by atoms with van der Waals surface area (Å²) in [6.07, 6.45) is -2.37. The Morgan fingerprint density at radius 2 is 2.00 bits per heavy atom. The highest BCUT2D eigenvalue weighted by molar-refractivity contribution is 5.15. The molecule has 0 amide bonds. The van der Waals surface area contributed by atoms with Gasteiger partial charge in [-0.1, -0.05) is 13.0 Å². The van der Waals surface area contributed by atoms with Gasteiger partial charge in [-0.25, -0.2) is 0 Å². The van der Waals surface area contributed by atoms with E-state index in [1.54, 1.807) is 0 Å². The van der Waals surface area contributed by atoms with Crippen LogP contribution in [0.1, 0.15) is 18.2 Å². The average molecular weight is 175 g/mol. The van der Waals surface area contributed by atoms with E-state index in [1.165, 1.54) is 12.3 Å². The summed E-state index contributed by atoms with van der Waals surface area (Å²) < 4.78 is 35.9. The molecule has 0 unspecified atom stereocenters. The van der Waals surface area contributed by atoms with Crippen molar-refractivity contribution in [3.63, 3.8) is 0 Å². The molecule has 0 aliphatic rings. The average Bonchev–Trinajstić information content (AvgIpc) is 2.03. The highest BCUT2D eigenvalue weighted by atomic mass is 19.4. The minimum absolute atomic E-state index is 0.700. The van der Waals surface area contributed by atoms with E-state index in [1.807, 2.05) is 6.92 Å². The maximum absolute atomic E-state index is 12.0. The van der Waals surface area contributed by atoms with E-state index in [9.17, 15) is 13.2 Å². The van der Waals surface area contributed by atoms with E-state index in [-0.39, 0.29) is 0 Å². The number of halogens is 3. The molecule has 0 saturated carbocycles. The summed E-state index contributed by atoms with van der Waals surface area (Å²) in [5.74, 6) is 0. The first-order valence-corrected chi connectivity index (χ1v) is 3.56. The molecule has 0 bridgehead atoms. The van der Waals surface area contributed by atoms with E-state index in [0.29, 0.717) is 6.42 Å². The standard InChI is InChI=1S/C8H8F3N/c1-2-6-3-4-7(12-5-6)8(9,10)11/h3-5H,2H2,1H3. The van der Waals surface area contributed by atoms with Crippen LogP contribution in [0.3, 0.4) is 0 Å². The number of aromatic nitrogens is 1. The van der Waals surface area contributed by atoms with E-state index in [0.717, 1.165) is 11.6 Å². The Morgan fingerprint density at radius 3 is 2.33 bits per heavy atom. The molecule has 1 nitrogen and oxygen atoms in total. The van der Waals surface area contributed by atoms with Crippen LogP contribution in [0.4, 0.5) is 13.2 Å². The van der Waals surface area contributed by atoms with Gasteiger partial charge in [0.05, 0.1) is 0 Å². The molecule has 1 rings (SSSR count). The first kappa shape index (κ1) is 9.03. The molecule has 0 atom stereocenters. The van der Waals surface area contributed by atoms with Crippen LogP contribution >= 0.6 is 0 Å². The summed E-state index contributed by atoms with van der Waals surface area (Å²) in [7, 11) is 0. The van der Waals surface area contributed by atoms with E-state index >= 15 is 0 Å². The maximum atomic E-state index is 12.0. The lowest BCUT2D eigenvalue weighted by Crippen LogP contribution is -2.07. The van der Waals surface area contributed by atoms with Gasteiger partial charge in [-0.15, -0.1) is 0 Å². The first-order valence-electron chi connectivity index (χ1n) is 3.56. The summed E-state index contributed by atoms with van der Waals surface area (Å²) in [4.78, 5) is 3.30. The number of hydrogen-bond acceptors (Lipinski definition) is 1. The Bertz CT molecular complexity index is 250. The molecule has 0 radical (unpaired) electrons. The van der Waals surface area contributed by atoms with Crippen LogP contribution in [0.5, 0.6) is 0 Å². The van der Waals surface area contributed by atoms with Gasteiger partial charge in [0, 0.05) is 6.20 Å². The third-order valence-corrected chi connectivity index (χ3v) is 1.52. The van der Waals surface area contributed by atoms with Crippen LogP contribution in [0.15, 0.2) is 18.3 Å². The van der Waals surface area contributed by atoms with Crippen molar-refractivity contribution in [2.45, 2.75) is 19.5 Å². The zero-order valence-corrected chi connectivity index (χ0v) is 6.52. The summed E-state index contributed by atoms with van der Waals surface area (Å²) in [6.45, 7) is 1.87. The van der Waals surface area contributed by atoms with Crippen LogP contribution in [0.25, 0.3) is 0 Å². The fourth-order valence-corrected chi connectivity index (χ4v) is 0.801. The topological polar surface area (TPSA) is 12.9 Å². The Morgan fingerprint density at radius 1 is 1.33 bits per heavy atom. The van der Waals surface area contributed by atoms with Gasteiger partial charge in [0.25, 0.3) is 0 Å². The quantitative estimate of drug-likeness (QED) is 0.639. The molecule has 0 aliphatic carbocycles. The minimum Gasteiger partial charge on any atom is -0.252 e. The monoisotopic (exact) mass is 175 g/mol. The van der Waals surface area contributed by atoms with Crippen molar-refractivity contribution < 1.29 is 13.2 Å². The number of rotatable bonds is 1. The van der Waals surface area contributed by atoms with Crippen LogP contribution in [-0.4, -0.2) is 4.98 Å². The van der Waals surface area contributed by atoms with Gasteiger partial charge in [-0.05, 0) is 18.1 Å². The van der Waals surface area contributed by atoms with Gasteiger partial charge >= 0.3 is 6.18 Å². The molecule has 1 aromatic heterocycles. The highest BCUT2D eigenvalue weighted by Gasteiger charge is 2.31. The maximum Gasteiger partial charge on any atom is 0.433 e. The first-order chi connectivity index (χ1) is 5.54. The second-order valence-corrected chi connectivity index (χ2v) is 2.40. The van der Waals surface area contributed by atoms with Crippen LogP contribution < -0.4 is 0 Å². The van der Waals surface area contributed by atoms with Crippen molar-refractivity contribution in [3.05, 3.63) is 29.6 Å². The Balaban J connectivity index is 2.93. The smallest absolute Gasteiger partial charge is 0.252 e. The van der Waals surface area contributed by atoms with Gasteiger partial charge < -0.3 is 0 Å². The second-order valence-electron chi connectivity index (χ2n) is 2.40. The fraction of sp³-hybridized carbons (Fsp3) is 0.375. The van der Waals surface area contributed by atoms with Crippen molar-refractivity contribution in [3.8, 4) is 0 Å². The molecule has 0 N–H and O–H groups in total. The highest BCUT2D eigenvalue weighted by Crippen LogP contribution is 2.27. The van der Waals surface area contributed by atoms with E-state index < -0.39 is 11.9 Å². The molecular weight excluding hydrogens is 167 g/mol. The Hall–Kier alpha value is -1.06. The number of alkyl halides is 3. The lowest BCUT2D eigenvalue weighted by molar-refractivity contribution is -0.141. The molecule has 0 saturated heterocycles. The van der Waals surface area contributed by atoms with Crippen molar-refractivity contribution in [2.24, 2.45) is 0 Å². The molecule has 0 aromatic carbocycles. The summed E-state index contributed by atoms with van der Waals surface area (Å²) in [5, 5.41) is 0. The van der Waals surface area contributed by atoms with Gasteiger partial charge in [0.1, 0.15) is 5.69 Å². The molecule has 12 heavy (non-hydrogen) atoms. The zero-order valence-electron chi connectivity index (χ0n) is 6.52. The predicted octanol–water partition coefficient (Wildman–Crippen LogP) is 2.66. The fourth-order valence-electron chi connectivity index (χ4n) is 0.801. The zero-order chi connectivity index (χ0) is 9.19. The van der Waals surface area contributed by atoms with Crippen LogP contribution in [0, 0.1) is 0 Å². The van der Waals surface area contributed by atoms with Crippen molar-refractivity contribution in [1.82, 2.24) is 4.98 Å². The molecule has 1 heterocycles. The Kier molecular flexibility index (Phi) is 2.35. The minimum atomic E-state index is -4.33. The van der Waals surface area contributed by atoms with Crippen LogP contribution in [0.2, 0.25) is 0 Å². The SMILES string of the molecule is CCc1ccc(C(F)(F)F)nc1. The molecule has 1 aromatic rings. The van der Waals surface area contributed by atoms with Gasteiger partial charge in [0.15, 0.2) is 0 Å². The normalized spacial score (nSPS) is 11.7.